The lowest BCUT2D eigenvalue weighted by Gasteiger charge is -2.12. The smallest absolute Gasteiger partial charge is 0.123 e. The van der Waals surface area contributed by atoms with E-state index in [0.717, 1.165) is 47.2 Å². The number of hydrogen-bond acceptors (Lipinski definition) is 4. The number of likely N-dealkylation sites (N-methyl/N-ethyl adjacent to an activating group) is 1. The number of aromatic nitrogens is 2. The first-order valence-corrected chi connectivity index (χ1v) is 8.33. The van der Waals surface area contributed by atoms with Gasteiger partial charge < -0.3 is 9.64 Å². The van der Waals surface area contributed by atoms with Crippen LogP contribution >= 0.6 is 11.6 Å². The molecule has 0 bridgehead atoms. The predicted octanol–water partition coefficient (Wildman–Crippen LogP) is 3.47. The summed E-state index contributed by atoms with van der Waals surface area (Å²) in [5, 5.41) is 0.801. The highest BCUT2D eigenvalue weighted by Gasteiger charge is 2.23. The molecule has 0 spiro atoms. The molecule has 0 radical (unpaired) electrons. The van der Waals surface area contributed by atoms with Gasteiger partial charge in [-0.1, -0.05) is 18.5 Å². The topological polar surface area (TPSA) is 38.2 Å². The maximum Gasteiger partial charge on any atom is 0.123 e. The highest BCUT2D eigenvalue weighted by Crippen LogP contribution is 2.33. The predicted molar refractivity (Wildman–Crippen MR) is 93.1 cm³/mol. The summed E-state index contributed by atoms with van der Waals surface area (Å²) in [6.07, 6.45) is 3.76. The number of hydrogen-bond donors (Lipinski definition) is 0. The Kier molecular flexibility index (Phi) is 4.83. The zero-order valence-corrected chi connectivity index (χ0v) is 14.6. The molecule has 2 heterocycles. The van der Waals surface area contributed by atoms with Crippen molar-refractivity contribution >= 4 is 11.6 Å². The average molecular weight is 332 g/mol. The van der Waals surface area contributed by atoms with Crippen LogP contribution in [0.3, 0.4) is 0 Å². The van der Waals surface area contributed by atoms with Gasteiger partial charge in [0.25, 0.3) is 0 Å². The first-order valence-electron chi connectivity index (χ1n) is 7.95. The molecule has 1 aliphatic rings. The zero-order chi connectivity index (χ0) is 16.4. The molecule has 2 aromatic heterocycles. The normalized spacial score (nSPS) is 16.7. The summed E-state index contributed by atoms with van der Waals surface area (Å²) in [7, 11) is 4.05. The second-order valence-corrected chi connectivity index (χ2v) is 6.86. The van der Waals surface area contributed by atoms with Crippen molar-refractivity contribution < 1.29 is 4.74 Å². The van der Waals surface area contributed by atoms with Gasteiger partial charge in [-0.15, -0.1) is 0 Å². The highest BCUT2D eigenvalue weighted by atomic mass is 35.5. The molecule has 0 aromatic carbocycles. The summed E-state index contributed by atoms with van der Waals surface area (Å²) in [5.74, 6) is 1.42. The van der Waals surface area contributed by atoms with E-state index in [2.05, 4.69) is 16.8 Å². The molecule has 122 valence electrons. The molecular formula is C18H22ClN3O. The van der Waals surface area contributed by atoms with Crippen LogP contribution in [-0.2, 0) is 12.8 Å². The van der Waals surface area contributed by atoms with Gasteiger partial charge in [-0.3, -0.25) is 9.97 Å². The molecular weight excluding hydrogens is 310 g/mol. The van der Waals surface area contributed by atoms with E-state index in [1.807, 2.05) is 32.3 Å². The molecule has 0 aliphatic heterocycles. The van der Waals surface area contributed by atoms with Gasteiger partial charge in [0.2, 0.25) is 0 Å². The third-order valence-corrected chi connectivity index (χ3v) is 4.39. The Morgan fingerprint density at radius 2 is 2.09 bits per heavy atom. The van der Waals surface area contributed by atoms with Crippen LogP contribution < -0.4 is 4.74 Å². The van der Waals surface area contributed by atoms with E-state index >= 15 is 0 Å². The van der Waals surface area contributed by atoms with E-state index in [1.54, 1.807) is 6.20 Å². The maximum absolute atomic E-state index is 6.44. The van der Waals surface area contributed by atoms with E-state index < -0.39 is 0 Å². The van der Waals surface area contributed by atoms with E-state index in [0.29, 0.717) is 12.5 Å². The van der Waals surface area contributed by atoms with Gasteiger partial charge in [0.15, 0.2) is 0 Å². The number of nitrogens with zero attached hydrogens (tertiary/aromatic N) is 3. The first-order chi connectivity index (χ1) is 11.0. The summed E-state index contributed by atoms with van der Waals surface area (Å²) < 4.78 is 5.78. The second-order valence-electron chi connectivity index (χ2n) is 6.46. The van der Waals surface area contributed by atoms with Crippen molar-refractivity contribution in [2.24, 2.45) is 5.92 Å². The lowest BCUT2D eigenvalue weighted by atomic mass is 10.1. The Bertz CT molecular complexity index is 703. The summed E-state index contributed by atoms with van der Waals surface area (Å²) in [6, 6.07) is 5.72. The van der Waals surface area contributed by atoms with Gasteiger partial charge >= 0.3 is 0 Å². The molecule has 0 amide bonds. The number of ether oxygens (including phenoxy) is 1. The zero-order valence-electron chi connectivity index (χ0n) is 13.8. The molecule has 5 heteroatoms. The van der Waals surface area contributed by atoms with Gasteiger partial charge in [0.05, 0.1) is 11.4 Å². The quantitative estimate of drug-likeness (QED) is 0.841. The van der Waals surface area contributed by atoms with E-state index in [1.165, 1.54) is 5.56 Å². The van der Waals surface area contributed by atoms with Crippen molar-refractivity contribution in [3.63, 3.8) is 0 Å². The highest BCUT2D eigenvalue weighted by molar-refractivity contribution is 6.31. The van der Waals surface area contributed by atoms with Crippen LogP contribution in [0.1, 0.15) is 18.2 Å². The van der Waals surface area contributed by atoms with Crippen LogP contribution in [0.5, 0.6) is 5.75 Å². The minimum atomic E-state index is 0.610. The molecule has 0 unspecified atom stereocenters. The molecule has 23 heavy (non-hydrogen) atoms. The van der Waals surface area contributed by atoms with Crippen LogP contribution in [0.2, 0.25) is 5.02 Å². The van der Waals surface area contributed by atoms with Crippen molar-refractivity contribution in [1.29, 1.82) is 0 Å². The number of fused-ring (bicyclic) bond motifs is 1. The van der Waals surface area contributed by atoms with E-state index in [-0.39, 0.29) is 0 Å². The molecule has 3 rings (SSSR count). The summed E-state index contributed by atoms with van der Waals surface area (Å²) in [6.45, 7) is 3.75. The van der Waals surface area contributed by atoms with Gasteiger partial charge in [-0.25, -0.2) is 0 Å². The fourth-order valence-corrected chi connectivity index (χ4v) is 3.13. The standard InChI is InChI=1S/C18H22ClN3O/c1-12-8-14-15(19)11-18(21-16(14)9-12)17-10-13(4-5-20-17)23-7-6-22(2)3/h4-5,10-12H,6-9H2,1-3H3/t12-/m0/s1. The van der Waals surface area contributed by atoms with Crippen LogP contribution in [0, 0.1) is 5.92 Å². The number of rotatable bonds is 5. The second kappa shape index (κ2) is 6.85. The van der Waals surface area contributed by atoms with Crippen molar-refractivity contribution in [3.05, 3.63) is 40.7 Å². The van der Waals surface area contributed by atoms with Crippen LogP contribution in [0.25, 0.3) is 11.4 Å². The molecule has 4 nitrogen and oxygen atoms in total. The minimum absolute atomic E-state index is 0.610. The minimum Gasteiger partial charge on any atom is -0.492 e. The first kappa shape index (κ1) is 16.2. The van der Waals surface area contributed by atoms with Gasteiger partial charge in [-0.2, -0.15) is 0 Å². The van der Waals surface area contributed by atoms with Gasteiger partial charge in [0.1, 0.15) is 12.4 Å². The van der Waals surface area contributed by atoms with Crippen molar-refractivity contribution in [3.8, 4) is 17.1 Å². The van der Waals surface area contributed by atoms with E-state index in [4.69, 9.17) is 21.3 Å². The van der Waals surface area contributed by atoms with Crippen LogP contribution in [0.15, 0.2) is 24.4 Å². The van der Waals surface area contributed by atoms with Crippen molar-refractivity contribution in [2.45, 2.75) is 19.8 Å². The molecule has 0 fully saturated rings. The Balaban J connectivity index is 1.82. The molecule has 1 aliphatic carbocycles. The number of halogens is 1. The number of pyridine rings is 2. The lowest BCUT2D eigenvalue weighted by Crippen LogP contribution is -2.19. The molecule has 2 aromatic rings. The van der Waals surface area contributed by atoms with Crippen LogP contribution in [-0.4, -0.2) is 42.1 Å². The lowest BCUT2D eigenvalue weighted by molar-refractivity contribution is 0.261. The van der Waals surface area contributed by atoms with Crippen LogP contribution in [0.4, 0.5) is 0 Å². The van der Waals surface area contributed by atoms with Crippen molar-refractivity contribution in [1.82, 2.24) is 14.9 Å². The largest absolute Gasteiger partial charge is 0.492 e. The maximum atomic E-state index is 6.44. The molecule has 0 saturated heterocycles. The Morgan fingerprint density at radius 3 is 2.87 bits per heavy atom. The SMILES string of the molecule is C[C@@H]1Cc2nc(-c3cc(OCCN(C)C)ccn3)cc(Cl)c2C1. The van der Waals surface area contributed by atoms with Gasteiger partial charge in [0, 0.05) is 29.5 Å². The fraction of sp³-hybridized carbons (Fsp3) is 0.444. The van der Waals surface area contributed by atoms with E-state index in [9.17, 15) is 0 Å². The molecule has 0 saturated carbocycles. The fourth-order valence-electron chi connectivity index (χ4n) is 2.84. The monoisotopic (exact) mass is 331 g/mol. The Hall–Kier alpha value is -1.65. The summed E-state index contributed by atoms with van der Waals surface area (Å²) >= 11 is 6.44. The van der Waals surface area contributed by atoms with Crippen molar-refractivity contribution in [2.75, 3.05) is 27.2 Å². The summed E-state index contributed by atoms with van der Waals surface area (Å²) in [4.78, 5) is 11.3. The Morgan fingerprint density at radius 1 is 1.26 bits per heavy atom. The summed E-state index contributed by atoms with van der Waals surface area (Å²) in [5.41, 5.74) is 3.93. The molecule has 1 atom stereocenters. The Labute approximate surface area is 142 Å². The molecule has 0 N–H and O–H groups in total. The third-order valence-electron chi connectivity index (χ3n) is 4.05. The van der Waals surface area contributed by atoms with Gasteiger partial charge in [-0.05, 0) is 50.6 Å². The average Bonchev–Trinajstić information content (AvgIpc) is 2.88. The third kappa shape index (κ3) is 3.82.